The molecule has 0 aliphatic heterocycles. The zero-order chi connectivity index (χ0) is 15.9. The molecule has 0 radical (unpaired) electrons. The van der Waals surface area contributed by atoms with Crippen molar-refractivity contribution in [3.8, 4) is 16.9 Å². The third-order valence-electron chi connectivity index (χ3n) is 3.45. The van der Waals surface area contributed by atoms with Crippen molar-refractivity contribution in [2.75, 3.05) is 13.7 Å². The third kappa shape index (κ3) is 4.09. The third-order valence-corrected chi connectivity index (χ3v) is 3.45. The van der Waals surface area contributed by atoms with E-state index in [0.717, 1.165) is 22.4 Å². The van der Waals surface area contributed by atoms with Crippen LogP contribution < -0.4 is 10.5 Å². The minimum atomic E-state index is -0.344. The van der Waals surface area contributed by atoms with Crippen molar-refractivity contribution >= 4 is 5.97 Å². The summed E-state index contributed by atoms with van der Waals surface area (Å²) in [4.78, 5) is 11.5. The predicted molar refractivity (Wildman–Crippen MR) is 86.6 cm³/mol. The Bertz CT molecular complexity index is 605. The minimum Gasteiger partial charge on any atom is -0.497 e. The van der Waals surface area contributed by atoms with Crippen LogP contribution in [0.4, 0.5) is 0 Å². The van der Waals surface area contributed by atoms with E-state index in [1.807, 2.05) is 48.5 Å². The highest BCUT2D eigenvalue weighted by atomic mass is 16.5. The second-order valence-corrected chi connectivity index (χ2v) is 4.97. The SMILES string of the molecule is CCOC(=O)CC(N)c1ccc(-c2ccc(OC)cc2)cc1. The monoisotopic (exact) mass is 299 g/mol. The van der Waals surface area contributed by atoms with Gasteiger partial charge >= 0.3 is 5.97 Å². The van der Waals surface area contributed by atoms with E-state index in [4.69, 9.17) is 15.2 Å². The molecule has 0 heterocycles. The molecule has 0 aliphatic rings. The Morgan fingerprint density at radius 3 is 2.09 bits per heavy atom. The zero-order valence-corrected chi connectivity index (χ0v) is 12.9. The Labute approximate surface area is 130 Å². The van der Waals surface area contributed by atoms with Crippen LogP contribution in [0.3, 0.4) is 0 Å². The Hall–Kier alpha value is -2.33. The number of rotatable bonds is 6. The quantitative estimate of drug-likeness (QED) is 0.831. The summed E-state index contributed by atoms with van der Waals surface area (Å²) in [6, 6.07) is 15.4. The van der Waals surface area contributed by atoms with Gasteiger partial charge in [0.25, 0.3) is 0 Å². The van der Waals surface area contributed by atoms with Gasteiger partial charge in [-0.05, 0) is 35.7 Å². The van der Waals surface area contributed by atoms with Crippen molar-refractivity contribution < 1.29 is 14.3 Å². The lowest BCUT2D eigenvalue weighted by atomic mass is 9.99. The number of nitrogens with two attached hydrogens (primary N) is 1. The second kappa shape index (κ2) is 7.61. The zero-order valence-electron chi connectivity index (χ0n) is 12.9. The van der Waals surface area contributed by atoms with Crippen LogP contribution in [0.15, 0.2) is 48.5 Å². The van der Waals surface area contributed by atoms with Crippen molar-refractivity contribution in [3.63, 3.8) is 0 Å². The molecule has 0 bridgehead atoms. The summed E-state index contributed by atoms with van der Waals surface area (Å²) >= 11 is 0. The first-order valence-electron chi connectivity index (χ1n) is 7.29. The van der Waals surface area contributed by atoms with Crippen molar-refractivity contribution in [2.45, 2.75) is 19.4 Å². The summed E-state index contributed by atoms with van der Waals surface area (Å²) in [5, 5.41) is 0. The van der Waals surface area contributed by atoms with E-state index in [0.29, 0.717) is 6.61 Å². The number of methoxy groups -OCH3 is 1. The van der Waals surface area contributed by atoms with Crippen LogP contribution in [0.2, 0.25) is 0 Å². The summed E-state index contributed by atoms with van der Waals surface area (Å²) in [7, 11) is 1.65. The largest absolute Gasteiger partial charge is 0.497 e. The highest BCUT2D eigenvalue weighted by Crippen LogP contribution is 2.24. The first kappa shape index (κ1) is 16.0. The van der Waals surface area contributed by atoms with Gasteiger partial charge in [-0.25, -0.2) is 0 Å². The van der Waals surface area contributed by atoms with Gasteiger partial charge in [0.05, 0.1) is 20.1 Å². The van der Waals surface area contributed by atoms with Crippen molar-refractivity contribution in [1.29, 1.82) is 0 Å². The summed E-state index contributed by atoms with van der Waals surface area (Å²) in [6.07, 6.45) is 0.190. The lowest BCUT2D eigenvalue weighted by Gasteiger charge is -2.12. The van der Waals surface area contributed by atoms with Crippen LogP contribution in [-0.2, 0) is 9.53 Å². The molecule has 0 aliphatic carbocycles. The maximum atomic E-state index is 11.5. The number of carbonyl (C=O) groups excluding carboxylic acids is 1. The highest BCUT2D eigenvalue weighted by molar-refractivity contribution is 5.70. The maximum absolute atomic E-state index is 11.5. The Morgan fingerprint density at radius 2 is 1.59 bits per heavy atom. The second-order valence-electron chi connectivity index (χ2n) is 4.97. The number of hydrogen-bond acceptors (Lipinski definition) is 4. The summed E-state index contributed by atoms with van der Waals surface area (Å²) in [6.45, 7) is 2.16. The van der Waals surface area contributed by atoms with Gasteiger partial charge in [0.1, 0.15) is 5.75 Å². The molecular formula is C18H21NO3. The van der Waals surface area contributed by atoms with Crippen LogP contribution in [0.25, 0.3) is 11.1 Å². The number of hydrogen-bond donors (Lipinski definition) is 1. The molecule has 4 nitrogen and oxygen atoms in total. The van der Waals surface area contributed by atoms with Crippen molar-refractivity contribution in [2.24, 2.45) is 5.73 Å². The molecule has 22 heavy (non-hydrogen) atoms. The molecular weight excluding hydrogens is 278 g/mol. The Morgan fingerprint density at radius 1 is 1.05 bits per heavy atom. The Kier molecular flexibility index (Phi) is 5.55. The van der Waals surface area contributed by atoms with E-state index >= 15 is 0 Å². The number of benzene rings is 2. The minimum absolute atomic E-state index is 0.190. The van der Waals surface area contributed by atoms with Crippen molar-refractivity contribution in [3.05, 3.63) is 54.1 Å². The van der Waals surface area contributed by atoms with Gasteiger partial charge in [0, 0.05) is 6.04 Å². The van der Waals surface area contributed by atoms with Gasteiger partial charge < -0.3 is 15.2 Å². The number of ether oxygens (including phenoxy) is 2. The van der Waals surface area contributed by atoms with E-state index in [1.54, 1.807) is 14.0 Å². The number of carbonyl (C=O) groups is 1. The molecule has 4 heteroatoms. The van der Waals surface area contributed by atoms with Gasteiger partial charge in [0.15, 0.2) is 0 Å². The molecule has 0 saturated carbocycles. The summed E-state index contributed by atoms with van der Waals surface area (Å²) < 4.78 is 10.1. The Balaban J connectivity index is 2.07. The molecule has 116 valence electrons. The molecule has 1 atom stereocenters. The fourth-order valence-corrected chi connectivity index (χ4v) is 2.22. The standard InChI is InChI=1S/C18H21NO3/c1-3-22-18(20)12-17(19)15-6-4-13(5-7-15)14-8-10-16(21-2)11-9-14/h4-11,17H,3,12,19H2,1-2H3. The fourth-order valence-electron chi connectivity index (χ4n) is 2.22. The van der Waals surface area contributed by atoms with Crippen LogP contribution in [-0.4, -0.2) is 19.7 Å². The molecule has 0 amide bonds. The average molecular weight is 299 g/mol. The van der Waals surface area contributed by atoms with Gasteiger partial charge in [-0.2, -0.15) is 0 Å². The van der Waals surface area contributed by atoms with Crippen LogP contribution in [0, 0.1) is 0 Å². The van der Waals surface area contributed by atoms with E-state index in [9.17, 15) is 4.79 Å². The summed E-state index contributed by atoms with van der Waals surface area (Å²) in [5.41, 5.74) is 9.15. The van der Waals surface area contributed by atoms with Crippen molar-refractivity contribution in [1.82, 2.24) is 0 Å². The average Bonchev–Trinajstić information content (AvgIpc) is 2.55. The number of esters is 1. The van der Waals surface area contributed by atoms with Crippen LogP contribution in [0.5, 0.6) is 5.75 Å². The van der Waals surface area contributed by atoms with E-state index in [2.05, 4.69) is 0 Å². The topological polar surface area (TPSA) is 61.5 Å². The molecule has 0 spiro atoms. The van der Waals surface area contributed by atoms with E-state index < -0.39 is 0 Å². The highest BCUT2D eigenvalue weighted by Gasteiger charge is 2.12. The first-order chi connectivity index (χ1) is 10.6. The molecule has 2 aromatic carbocycles. The van der Waals surface area contributed by atoms with E-state index in [1.165, 1.54) is 0 Å². The lowest BCUT2D eigenvalue weighted by Crippen LogP contribution is -2.17. The molecule has 0 aromatic heterocycles. The molecule has 2 rings (SSSR count). The normalized spacial score (nSPS) is 11.8. The molecule has 2 N–H and O–H groups in total. The first-order valence-corrected chi connectivity index (χ1v) is 7.29. The van der Waals surface area contributed by atoms with Crippen LogP contribution >= 0.6 is 0 Å². The molecule has 2 aromatic rings. The fraction of sp³-hybridized carbons (Fsp3) is 0.278. The summed E-state index contributed by atoms with van der Waals surface area (Å²) in [5.74, 6) is 0.561. The molecule has 0 saturated heterocycles. The van der Waals surface area contributed by atoms with Gasteiger partial charge in [-0.3, -0.25) is 4.79 Å². The van der Waals surface area contributed by atoms with E-state index in [-0.39, 0.29) is 18.4 Å². The smallest absolute Gasteiger partial charge is 0.307 e. The van der Waals surface area contributed by atoms with Gasteiger partial charge in [-0.1, -0.05) is 36.4 Å². The van der Waals surface area contributed by atoms with Gasteiger partial charge in [-0.15, -0.1) is 0 Å². The molecule has 1 unspecified atom stereocenters. The maximum Gasteiger partial charge on any atom is 0.307 e. The predicted octanol–water partition coefficient (Wildman–Crippen LogP) is 3.32. The molecule has 0 fully saturated rings. The van der Waals surface area contributed by atoms with Crippen LogP contribution in [0.1, 0.15) is 24.9 Å². The van der Waals surface area contributed by atoms with Gasteiger partial charge in [0.2, 0.25) is 0 Å². The lowest BCUT2D eigenvalue weighted by molar-refractivity contribution is -0.143.